The Labute approximate surface area is 182 Å². The highest BCUT2D eigenvalue weighted by Crippen LogP contribution is 2.16. The van der Waals surface area contributed by atoms with Gasteiger partial charge in [0.2, 0.25) is 0 Å². The summed E-state index contributed by atoms with van der Waals surface area (Å²) in [7, 11) is 0. The van der Waals surface area contributed by atoms with Crippen molar-refractivity contribution in [2.45, 2.75) is 47.2 Å². The Kier molecular flexibility index (Phi) is 7.23. The molecule has 164 valence electrons. The first-order valence-corrected chi connectivity index (χ1v) is 10.4. The molecule has 0 spiro atoms. The van der Waals surface area contributed by atoms with Gasteiger partial charge in [-0.15, -0.1) is 0 Å². The molecule has 0 bridgehead atoms. The molecule has 8 heteroatoms. The topological polar surface area (TPSA) is 91.0 Å². The zero-order valence-electron chi connectivity index (χ0n) is 18.5. The van der Waals surface area contributed by atoms with Crippen molar-refractivity contribution >= 4 is 11.9 Å². The van der Waals surface area contributed by atoms with Crippen LogP contribution in [0.25, 0.3) is 0 Å². The lowest BCUT2D eigenvalue weighted by atomic mass is 10.2. The van der Waals surface area contributed by atoms with Crippen LogP contribution < -0.4 is 5.32 Å². The molecule has 3 aromatic rings. The molecule has 8 nitrogen and oxygen atoms in total. The Hall–Kier alpha value is -3.42. The normalized spacial score (nSPS) is 10.8. The van der Waals surface area contributed by atoms with Crippen LogP contribution in [0.4, 0.5) is 0 Å². The van der Waals surface area contributed by atoms with Crippen molar-refractivity contribution in [2.75, 3.05) is 13.2 Å². The molecule has 2 aromatic heterocycles. The Morgan fingerprint density at radius 3 is 2.45 bits per heavy atom. The monoisotopic (exact) mass is 423 g/mol. The number of hydrogen-bond acceptors (Lipinski definition) is 5. The lowest BCUT2D eigenvalue weighted by Crippen LogP contribution is -2.30. The number of nitrogens with one attached hydrogen (secondary N) is 1. The van der Waals surface area contributed by atoms with E-state index in [1.807, 2.05) is 61.9 Å². The SMILES string of the molecule is Cc1cc(C)n(CCCNC(=O)COC(=O)c2c(C)nn(Cc3ccccc3)c2C)n1. The molecule has 3 rings (SSSR count). The Bertz CT molecular complexity index is 1050. The molecule has 0 radical (unpaired) electrons. The number of aromatic nitrogens is 4. The predicted octanol–water partition coefficient (Wildman–Crippen LogP) is 2.72. The van der Waals surface area contributed by atoms with Crippen molar-refractivity contribution < 1.29 is 14.3 Å². The third-order valence-corrected chi connectivity index (χ3v) is 5.07. The van der Waals surface area contributed by atoms with Crippen LogP contribution in [0.1, 0.15) is 45.1 Å². The summed E-state index contributed by atoms with van der Waals surface area (Å²) in [5.41, 5.74) is 4.88. The predicted molar refractivity (Wildman–Crippen MR) is 117 cm³/mol. The number of amides is 1. The van der Waals surface area contributed by atoms with E-state index in [9.17, 15) is 9.59 Å². The van der Waals surface area contributed by atoms with Gasteiger partial charge in [-0.2, -0.15) is 10.2 Å². The molecule has 1 N–H and O–H groups in total. The Balaban J connectivity index is 1.46. The van der Waals surface area contributed by atoms with Crippen LogP contribution in [0, 0.1) is 27.7 Å². The molecule has 0 aliphatic heterocycles. The average Bonchev–Trinajstić information content (AvgIpc) is 3.21. The van der Waals surface area contributed by atoms with E-state index in [2.05, 4.69) is 15.5 Å². The van der Waals surface area contributed by atoms with Gasteiger partial charge in [0, 0.05) is 18.8 Å². The molecule has 1 amide bonds. The summed E-state index contributed by atoms with van der Waals surface area (Å²) in [6.45, 7) is 9.01. The third-order valence-electron chi connectivity index (χ3n) is 5.07. The van der Waals surface area contributed by atoms with E-state index in [1.165, 1.54) is 0 Å². The van der Waals surface area contributed by atoms with E-state index in [0.717, 1.165) is 35.6 Å². The van der Waals surface area contributed by atoms with Gasteiger partial charge in [-0.25, -0.2) is 4.79 Å². The van der Waals surface area contributed by atoms with Crippen LogP contribution in [-0.2, 0) is 22.6 Å². The van der Waals surface area contributed by atoms with Crippen molar-refractivity contribution in [1.82, 2.24) is 24.9 Å². The van der Waals surface area contributed by atoms with Crippen molar-refractivity contribution in [1.29, 1.82) is 0 Å². The van der Waals surface area contributed by atoms with Gasteiger partial charge in [-0.1, -0.05) is 30.3 Å². The standard InChI is InChI=1S/C23H29N5O3/c1-16-13-17(2)27(25-16)12-8-11-24-21(29)15-31-23(30)22-18(3)26-28(19(22)4)14-20-9-6-5-7-10-20/h5-7,9-10,13H,8,11-12,14-15H2,1-4H3,(H,24,29). The summed E-state index contributed by atoms with van der Waals surface area (Å²) in [4.78, 5) is 24.6. The van der Waals surface area contributed by atoms with Crippen molar-refractivity contribution in [3.63, 3.8) is 0 Å². The van der Waals surface area contributed by atoms with Crippen molar-refractivity contribution in [3.8, 4) is 0 Å². The molecule has 0 unspecified atom stereocenters. The second-order valence-corrected chi connectivity index (χ2v) is 7.62. The van der Waals surface area contributed by atoms with Gasteiger partial charge in [-0.05, 0) is 45.7 Å². The number of aryl methyl sites for hydroxylation is 4. The maximum absolute atomic E-state index is 12.5. The molecule has 0 saturated heterocycles. The zero-order chi connectivity index (χ0) is 22.4. The smallest absolute Gasteiger partial charge is 0.342 e. The number of esters is 1. The summed E-state index contributed by atoms with van der Waals surface area (Å²) in [5, 5.41) is 11.6. The molecule has 0 aliphatic carbocycles. The zero-order valence-corrected chi connectivity index (χ0v) is 18.5. The maximum atomic E-state index is 12.5. The van der Waals surface area contributed by atoms with Crippen molar-refractivity contribution in [3.05, 3.63) is 70.3 Å². The molecule has 0 saturated carbocycles. The summed E-state index contributed by atoms with van der Waals surface area (Å²) in [5.74, 6) is -0.860. The Morgan fingerprint density at radius 1 is 1.03 bits per heavy atom. The largest absolute Gasteiger partial charge is 0.452 e. The number of nitrogens with zero attached hydrogens (tertiary/aromatic N) is 4. The first kappa shape index (κ1) is 22.3. The number of carbonyl (C=O) groups is 2. The number of rotatable bonds is 9. The number of benzene rings is 1. The quantitative estimate of drug-likeness (QED) is 0.422. The van der Waals surface area contributed by atoms with Gasteiger partial charge in [0.05, 0.1) is 23.6 Å². The minimum Gasteiger partial charge on any atom is -0.452 e. The van der Waals surface area contributed by atoms with Gasteiger partial charge < -0.3 is 10.1 Å². The molecular weight excluding hydrogens is 394 g/mol. The number of carbonyl (C=O) groups excluding carboxylic acids is 2. The van der Waals surface area contributed by atoms with Gasteiger partial charge in [-0.3, -0.25) is 14.2 Å². The highest BCUT2D eigenvalue weighted by molar-refractivity contribution is 5.93. The van der Waals surface area contributed by atoms with Gasteiger partial charge in [0.1, 0.15) is 5.56 Å². The second kappa shape index (κ2) is 10.1. The van der Waals surface area contributed by atoms with Gasteiger partial charge >= 0.3 is 5.97 Å². The fraction of sp³-hybridized carbons (Fsp3) is 0.391. The summed E-state index contributed by atoms with van der Waals surface area (Å²) < 4.78 is 8.93. The van der Waals surface area contributed by atoms with E-state index in [1.54, 1.807) is 11.6 Å². The van der Waals surface area contributed by atoms with Gasteiger partial charge in [0.15, 0.2) is 6.61 Å². The van der Waals surface area contributed by atoms with Gasteiger partial charge in [0.25, 0.3) is 5.91 Å². The molecule has 0 atom stereocenters. The molecule has 2 heterocycles. The molecule has 0 aliphatic rings. The van der Waals surface area contributed by atoms with Crippen LogP contribution in [-0.4, -0.2) is 44.6 Å². The number of hydrogen-bond donors (Lipinski definition) is 1. The maximum Gasteiger partial charge on any atom is 0.342 e. The third kappa shape index (κ3) is 5.81. The van der Waals surface area contributed by atoms with Crippen LogP contribution >= 0.6 is 0 Å². The molecule has 31 heavy (non-hydrogen) atoms. The fourth-order valence-corrected chi connectivity index (χ4v) is 3.51. The minimum atomic E-state index is -0.535. The van der Waals surface area contributed by atoms with Crippen LogP contribution in [0.15, 0.2) is 36.4 Å². The molecular formula is C23H29N5O3. The number of ether oxygens (including phenoxy) is 1. The highest BCUT2D eigenvalue weighted by atomic mass is 16.5. The van der Waals surface area contributed by atoms with E-state index >= 15 is 0 Å². The summed E-state index contributed by atoms with van der Waals surface area (Å²) in [6.07, 6.45) is 0.742. The fourth-order valence-electron chi connectivity index (χ4n) is 3.51. The average molecular weight is 424 g/mol. The second-order valence-electron chi connectivity index (χ2n) is 7.62. The van der Waals surface area contributed by atoms with Crippen molar-refractivity contribution in [2.24, 2.45) is 0 Å². The first-order chi connectivity index (χ1) is 14.8. The van der Waals surface area contributed by atoms with E-state index < -0.39 is 5.97 Å². The molecule has 0 fully saturated rings. The lowest BCUT2D eigenvalue weighted by molar-refractivity contribution is -0.124. The summed E-state index contributed by atoms with van der Waals surface area (Å²) >= 11 is 0. The van der Waals surface area contributed by atoms with E-state index in [0.29, 0.717) is 24.3 Å². The van der Waals surface area contributed by atoms with Crippen LogP contribution in [0.3, 0.4) is 0 Å². The molecule has 1 aromatic carbocycles. The first-order valence-electron chi connectivity index (χ1n) is 10.4. The Morgan fingerprint density at radius 2 is 1.77 bits per heavy atom. The van der Waals surface area contributed by atoms with Crippen LogP contribution in [0.2, 0.25) is 0 Å². The van der Waals surface area contributed by atoms with E-state index in [4.69, 9.17) is 4.74 Å². The van der Waals surface area contributed by atoms with E-state index in [-0.39, 0.29) is 12.5 Å². The minimum absolute atomic E-state index is 0.318. The highest BCUT2D eigenvalue weighted by Gasteiger charge is 2.21. The lowest BCUT2D eigenvalue weighted by Gasteiger charge is -2.08. The summed E-state index contributed by atoms with van der Waals surface area (Å²) in [6, 6.07) is 11.9. The van der Waals surface area contributed by atoms with Crippen LogP contribution in [0.5, 0.6) is 0 Å².